The van der Waals surface area contributed by atoms with Crippen molar-refractivity contribution in [3.63, 3.8) is 0 Å². The Bertz CT molecular complexity index is 3710. The van der Waals surface area contributed by atoms with E-state index in [-0.39, 0.29) is 0 Å². The maximum atomic E-state index is 5.59. The second-order valence-electron chi connectivity index (χ2n) is 19.5. The lowest BCUT2D eigenvalue weighted by atomic mass is 9.99. The zero-order valence-corrected chi connectivity index (χ0v) is 40.9. The van der Waals surface area contributed by atoms with Crippen molar-refractivity contribution in [1.82, 2.24) is 4.31 Å². The summed E-state index contributed by atoms with van der Waals surface area (Å²) < 4.78 is 2.29. The molecule has 8 aromatic carbocycles. The Hall–Kier alpha value is -7.36. The Morgan fingerprint density at radius 3 is 1.13 bits per heavy atom. The lowest BCUT2D eigenvalue weighted by molar-refractivity contribution is 0.548. The molecule has 8 aromatic rings. The lowest BCUT2D eigenvalue weighted by Gasteiger charge is -2.24. The molecule has 8 bridgehead atoms. The van der Waals surface area contributed by atoms with E-state index in [1.54, 1.807) is 11.9 Å². The molecule has 9 heteroatoms. The van der Waals surface area contributed by atoms with Crippen LogP contribution in [0.25, 0.3) is 43.1 Å². The van der Waals surface area contributed by atoms with Crippen LogP contribution < -0.4 is 0 Å². The van der Waals surface area contributed by atoms with Gasteiger partial charge in [-0.3, -0.25) is 4.31 Å². The number of benzene rings is 8. The number of aliphatic imine (C=N–C) groups is 7. The topological polar surface area (TPSA) is 89.8 Å². The van der Waals surface area contributed by atoms with Crippen LogP contribution in [0.2, 0.25) is 0 Å². The smallest absolute Gasteiger partial charge is 0.170 e. The first kappa shape index (κ1) is 43.6. The summed E-state index contributed by atoms with van der Waals surface area (Å²) in [6.45, 7) is 2.29. The Labute approximate surface area is 419 Å². The van der Waals surface area contributed by atoms with Crippen LogP contribution in [0.4, 0.5) is 0 Å². The van der Waals surface area contributed by atoms with E-state index in [4.69, 9.17) is 34.9 Å². The van der Waals surface area contributed by atoms with Crippen LogP contribution in [0.3, 0.4) is 0 Å². The number of rotatable bonds is 14. The molecule has 0 fully saturated rings. The predicted molar refractivity (Wildman–Crippen MR) is 300 cm³/mol. The maximum absolute atomic E-state index is 5.59. The monoisotopic (exact) mass is 942 g/mol. The van der Waals surface area contributed by atoms with Crippen molar-refractivity contribution in [2.24, 2.45) is 34.9 Å². The molecule has 0 radical (unpaired) electrons. The van der Waals surface area contributed by atoms with Gasteiger partial charge in [0.05, 0.1) is 0 Å². The van der Waals surface area contributed by atoms with Gasteiger partial charge in [-0.1, -0.05) is 175 Å². The minimum absolute atomic E-state index is 0.585. The molecule has 0 amide bonds. The zero-order chi connectivity index (χ0) is 47.3. The molecule has 8 nitrogen and oxygen atoms in total. The molecule has 0 saturated carbocycles. The van der Waals surface area contributed by atoms with Gasteiger partial charge in [0.25, 0.3) is 0 Å². The zero-order valence-electron chi connectivity index (χ0n) is 40.1. The predicted octanol–water partition coefficient (Wildman–Crippen LogP) is 15.3. The van der Waals surface area contributed by atoms with Crippen molar-refractivity contribution in [2.45, 2.75) is 90.1 Å². The van der Waals surface area contributed by atoms with E-state index in [1.807, 2.05) is 0 Å². The first-order valence-corrected chi connectivity index (χ1v) is 26.7. The molecule has 1 unspecified atom stereocenters. The number of hydrogen-bond acceptors (Lipinski definition) is 9. The molecule has 0 spiro atoms. The van der Waals surface area contributed by atoms with E-state index in [9.17, 15) is 0 Å². The standard InChI is InChI=1S/C62H54N8S/c1-2-3-4-5-6-7-8-9-10-11-12-21-30-71-70-61-53-37-45-28-19-17-26-43(45)35-51(53)59(68-61)66-57-49-33-41-24-15-13-22-39(41)31-47(49)55(64-57)63-56-48-32-40-23-14-16-25-42(40)34-50(48)58(65-56)67-60-52-36-44-27-18-20-29-46(44)38-54(52)62(70)69-60/h13-20,22-29,31-38,55H,2-12,21,30H2,1H3. The highest BCUT2D eigenvalue weighted by Gasteiger charge is 2.37. The molecule has 5 heterocycles. The molecule has 5 aliphatic rings. The second kappa shape index (κ2) is 18.8. The number of amidine groups is 7. The van der Waals surface area contributed by atoms with Crippen LogP contribution in [0.5, 0.6) is 0 Å². The van der Waals surface area contributed by atoms with Crippen LogP contribution in [0.1, 0.15) is 135 Å². The highest BCUT2D eigenvalue weighted by molar-refractivity contribution is 7.98. The van der Waals surface area contributed by atoms with E-state index in [0.717, 1.165) is 111 Å². The van der Waals surface area contributed by atoms with Crippen LogP contribution in [-0.2, 0) is 0 Å². The van der Waals surface area contributed by atoms with Crippen molar-refractivity contribution in [1.29, 1.82) is 0 Å². The average Bonchev–Trinajstić information content (AvgIpc) is 4.13. The largest absolute Gasteiger partial charge is 0.250 e. The van der Waals surface area contributed by atoms with Gasteiger partial charge in [0.15, 0.2) is 47.0 Å². The van der Waals surface area contributed by atoms with Crippen molar-refractivity contribution >= 4 is 95.9 Å². The molecule has 0 saturated heterocycles. The van der Waals surface area contributed by atoms with E-state index < -0.39 is 6.17 Å². The molecular weight excluding hydrogens is 889 g/mol. The Balaban J connectivity index is 0.967. The molecule has 0 aromatic heterocycles. The van der Waals surface area contributed by atoms with Crippen LogP contribution in [0.15, 0.2) is 181 Å². The van der Waals surface area contributed by atoms with E-state index in [2.05, 4.69) is 157 Å². The summed E-state index contributed by atoms with van der Waals surface area (Å²) in [5, 5.41) is 9.02. The summed E-state index contributed by atoms with van der Waals surface area (Å²) in [7, 11) is 0. The van der Waals surface area contributed by atoms with Gasteiger partial charge in [-0.15, -0.1) is 0 Å². The Kier molecular flexibility index (Phi) is 11.5. The van der Waals surface area contributed by atoms with Gasteiger partial charge in [-0.05, 0) is 110 Å². The molecule has 71 heavy (non-hydrogen) atoms. The van der Waals surface area contributed by atoms with Crippen LogP contribution in [-0.4, -0.2) is 50.9 Å². The second-order valence-corrected chi connectivity index (χ2v) is 20.5. The Morgan fingerprint density at radius 1 is 0.352 bits per heavy atom. The fraction of sp³-hybridized carbons (Fsp3) is 0.242. The lowest BCUT2D eigenvalue weighted by Crippen LogP contribution is -2.31. The van der Waals surface area contributed by atoms with Gasteiger partial charge in [0.1, 0.15) is 0 Å². The van der Waals surface area contributed by atoms with Crippen molar-refractivity contribution in [3.05, 3.63) is 190 Å². The van der Waals surface area contributed by atoms with Gasteiger partial charge < -0.3 is 0 Å². The van der Waals surface area contributed by atoms with Crippen molar-refractivity contribution in [3.8, 4) is 0 Å². The SMILES string of the molecule is CCCCCCCCCCCCCCSN1C2=NC(=NC3=NC(=NC4N=C(N=C5N=C1c1cc6ccccc6cc15)c1cc5ccccc5cc14)c1cc4ccccc4cc13)c1cc3ccccc3cc12. The third-order valence-electron chi connectivity index (χ3n) is 14.7. The van der Waals surface area contributed by atoms with E-state index >= 15 is 0 Å². The van der Waals surface area contributed by atoms with Gasteiger partial charge in [-0.2, -0.15) is 0 Å². The number of nitrogens with zero attached hydrogens (tertiary/aromatic N) is 8. The van der Waals surface area contributed by atoms with Gasteiger partial charge in [0, 0.05) is 50.3 Å². The van der Waals surface area contributed by atoms with Crippen LogP contribution in [0, 0.1) is 0 Å². The maximum Gasteiger partial charge on any atom is 0.170 e. The van der Waals surface area contributed by atoms with Crippen LogP contribution >= 0.6 is 11.9 Å². The average molecular weight is 943 g/mol. The highest BCUT2D eigenvalue weighted by Crippen LogP contribution is 2.40. The third kappa shape index (κ3) is 8.20. The van der Waals surface area contributed by atoms with Crippen molar-refractivity contribution < 1.29 is 0 Å². The molecule has 0 N–H and O–H groups in total. The first-order chi connectivity index (χ1) is 35.1. The van der Waals surface area contributed by atoms with Gasteiger partial charge in [-0.25, -0.2) is 34.9 Å². The summed E-state index contributed by atoms with van der Waals surface area (Å²) in [6.07, 6.45) is 15.1. The summed E-state index contributed by atoms with van der Waals surface area (Å²) in [5.41, 5.74) is 7.75. The Morgan fingerprint density at radius 2 is 0.676 bits per heavy atom. The third-order valence-corrected chi connectivity index (χ3v) is 15.8. The fourth-order valence-corrected chi connectivity index (χ4v) is 11.9. The fourth-order valence-electron chi connectivity index (χ4n) is 10.9. The van der Waals surface area contributed by atoms with Crippen molar-refractivity contribution in [2.75, 3.05) is 5.75 Å². The number of hydrogen-bond donors (Lipinski definition) is 0. The minimum Gasteiger partial charge on any atom is -0.250 e. The van der Waals surface area contributed by atoms with Gasteiger partial charge >= 0.3 is 0 Å². The molecule has 13 rings (SSSR count). The summed E-state index contributed by atoms with van der Waals surface area (Å²) in [4.78, 5) is 38.3. The minimum atomic E-state index is -0.585. The van der Waals surface area contributed by atoms with E-state index in [0.29, 0.717) is 29.2 Å². The quantitative estimate of drug-likeness (QED) is 0.0803. The molecule has 0 aliphatic carbocycles. The summed E-state index contributed by atoms with van der Waals surface area (Å²) in [5.74, 6) is 5.55. The first-order valence-electron chi connectivity index (χ1n) is 25.8. The van der Waals surface area contributed by atoms with Gasteiger partial charge in [0.2, 0.25) is 0 Å². The summed E-state index contributed by atoms with van der Waals surface area (Å²) in [6, 6.07) is 51.9. The highest BCUT2D eigenvalue weighted by atomic mass is 32.2. The summed E-state index contributed by atoms with van der Waals surface area (Å²) >= 11 is 1.79. The molecule has 1 atom stereocenters. The molecule has 5 aliphatic heterocycles. The number of unbranched alkanes of at least 4 members (excludes halogenated alkanes) is 11. The number of fused-ring (bicyclic) bond motifs is 20. The molecular formula is C62H54N8S. The van der Waals surface area contributed by atoms with E-state index in [1.165, 1.54) is 70.6 Å². The molecule has 348 valence electrons. The normalized spacial score (nSPS) is 16.3.